The van der Waals surface area contributed by atoms with Crippen LogP contribution in [0.3, 0.4) is 0 Å². The first kappa shape index (κ1) is 14.2. The molecule has 1 aromatic heterocycles. The Morgan fingerprint density at radius 2 is 1.95 bits per heavy atom. The number of aromatic nitrogens is 1. The molecule has 1 aliphatic heterocycles. The zero-order valence-corrected chi connectivity index (χ0v) is 13.2. The Kier molecular flexibility index (Phi) is 3.77. The van der Waals surface area contributed by atoms with Gasteiger partial charge in [-0.25, -0.2) is 4.98 Å². The van der Waals surface area contributed by atoms with Crippen LogP contribution in [0.25, 0.3) is 10.9 Å². The molecule has 0 aliphatic carbocycles. The molecule has 0 spiro atoms. The Bertz CT molecular complexity index is 699. The normalized spacial score (nSPS) is 16.4. The maximum absolute atomic E-state index is 10.9. The van der Waals surface area contributed by atoms with E-state index in [4.69, 9.17) is 0 Å². The van der Waals surface area contributed by atoms with E-state index in [0.29, 0.717) is 0 Å². The highest BCUT2D eigenvalue weighted by Gasteiger charge is 2.17. The molecule has 0 radical (unpaired) electrons. The number of likely N-dealkylation sites (N-methyl/N-ethyl adjacent to an activating group) is 1. The number of anilines is 1. The molecule has 0 atom stereocenters. The monoisotopic (exact) mass is 350 g/mol. The largest absolute Gasteiger partial charge is 0.354 e. The molecule has 6 nitrogen and oxygen atoms in total. The third-order valence-corrected chi connectivity index (χ3v) is 4.42. The summed E-state index contributed by atoms with van der Waals surface area (Å²) in [5.41, 5.74) is 0.848. The first-order valence-corrected chi connectivity index (χ1v) is 7.52. The minimum atomic E-state index is -0.389. The van der Waals surface area contributed by atoms with Gasteiger partial charge in [0.25, 0.3) is 5.69 Å². The average Bonchev–Trinajstić information content (AvgIpc) is 2.47. The van der Waals surface area contributed by atoms with Crippen molar-refractivity contribution < 1.29 is 4.92 Å². The predicted molar refractivity (Wildman–Crippen MR) is 85.8 cm³/mol. The molecule has 1 aromatic carbocycles. The molecule has 0 amide bonds. The van der Waals surface area contributed by atoms with E-state index in [0.717, 1.165) is 47.4 Å². The molecule has 2 heterocycles. The van der Waals surface area contributed by atoms with Gasteiger partial charge in [-0.3, -0.25) is 10.1 Å². The quantitative estimate of drug-likeness (QED) is 0.615. The lowest BCUT2D eigenvalue weighted by Gasteiger charge is -2.33. The minimum absolute atomic E-state index is 0.0809. The van der Waals surface area contributed by atoms with Crippen LogP contribution in [0.1, 0.15) is 0 Å². The number of fused-ring (bicyclic) bond motifs is 1. The standard InChI is InChI=1S/C14H15BrN4O2/c1-17-4-6-18(7-5-17)14-9-12(15)11-8-10(19(20)21)2-3-13(11)16-14/h2-3,8-9H,4-7H2,1H3. The maximum atomic E-state index is 10.9. The number of halogens is 1. The lowest BCUT2D eigenvalue weighted by Crippen LogP contribution is -2.44. The molecule has 2 aromatic rings. The highest BCUT2D eigenvalue weighted by Crippen LogP contribution is 2.30. The SMILES string of the molecule is CN1CCN(c2cc(Br)c3cc([N+](=O)[O-])ccc3n2)CC1. The molecule has 0 saturated carbocycles. The fraction of sp³-hybridized carbons (Fsp3) is 0.357. The molecular formula is C14H15BrN4O2. The first-order chi connectivity index (χ1) is 10.0. The fourth-order valence-electron chi connectivity index (χ4n) is 2.47. The lowest BCUT2D eigenvalue weighted by atomic mass is 10.2. The van der Waals surface area contributed by atoms with E-state index in [9.17, 15) is 10.1 Å². The summed E-state index contributed by atoms with van der Waals surface area (Å²) >= 11 is 3.51. The van der Waals surface area contributed by atoms with Crippen LogP contribution in [0, 0.1) is 10.1 Å². The Hall–Kier alpha value is -1.73. The molecule has 7 heteroatoms. The van der Waals surface area contributed by atoms with Gasteiger partial charge in [-0.1, -0.05) is 0 Å². The van der Waals surface area contributed by atoms with Crippen LogP contribution in [-0.2, 0) is 0 Å². The summed E-state index contributed by atoms with van der Waals surface area (Å²) in [5, 5.41) is 11.6. The van der Waals surface area contributed by atoms with Gasteiger partial charge in [0.2, 0.25) is 0 Å². The van der Waals surface area contributed by atoms with Crippen LogP contribution in [0.5, 0.6) is 0 Å². The Labute approximate surface area is 130 Å². The van der Waals surface area contributed by atoms with Crippen molar-refractivity contribution in [2.24, 2.45) is 0 Å². The number of hydrogen-bond acceptors (Lipinski definition) is 5. The number of piperazine rings is 1. The van der Waals surface area contributed by atoms with Gasteiger partial charge in [0.15, 0.2) is 0 Å². The summed E-state index contributed by atoms with van der Waals surface area (Å²) in [6.07, 6.45) is 0. The van der Waals surface area contributed by atoms with E-state index in [2.05, 4.69) is 37.8 Å². The van der Waals surface area contributed by atoms with Gasteiger partial charge in [-0.15, -0.1) is 0 Å². The summed E-state index contributed by atoms with van der Waals surface area (Å²) < 4.78 is 0.838. The smallest absolute Gasteiger partial charge is 0.270 e. The van der Waals surface area contributed by atoms with E-state index < -0.39 is 0 Å². The number of pyridine rings is 1. The van der Waals surface area contributed by atoms with Crippen molar-refractivity contribution in [2.45, 2.75) is 0 Å². The summed E-state index contributed by atoms with van der Waals surface area (Å²) in [4.78, 5) is 19.6. The van der Waals surface area contributed by atoms with E-state index >= 15 is 0 Å². The van der Waals surface area contributed by atoms with Crippen LogP contribution >= 0.6 is 15.9 Å². The maximum Gasteiger partial charge on any atom is 0.270 e. The number of rotatable bonds is 2. The zero-order valence-electron chi connectivity index (χ0n) is 11.6. The molecule has 0 bridgehead atoms. The van der Waals surface area contributed by atoms with E-state index in [1.54, 1.807) is 12.1 Å². The molecule has 0 N–H and O–H groups in total. The van der Waals surface area contributed by atoms with Gasteiger partial charge in [0.1, 0.15) is 5.82 Å². The summed E-state index contributed by atoms with van der Waals surface area (Å²) in [6, 6.07) is 6.70. The molecule has 21 heavy (non-hydrogen) atoms. The van der Waals surface area contributed by atoms with Crippen molar-refractivity contribution >= 4 is 38.3 Å². The summed E-state index contributed by atoms with van der Waals surface area (Å²) in [6.45, 7) is 3.90. The van der Waals surface area contributed by atoms with Crippen LogP contribution in [-0.4, -0.2) is 48.0 Å². The average molecular weight is 351 g/mol. The molecule has 1 fully saturated rings. The number of nitrogens with zero attached hydrogens (tertiary/aromatic N) is 4. The topological polar surface area (TPSA) is 62.5 Å². The van der Waals surface area contributed by atoms with Gasteiger partial charge in [-0.2, -0.15) is 0 Å². The number of hydrogen-bond donors (Lipinski definition) is 0. The second-order valence-corrected chi connectivity index (χ2v) is 6.07. The third kappa shape index (κ3) is 2.84. The van der Waals surface area contributed by atoms with Gasteiger partial charge in [0.05, 0.1) is 10.4 Å². The van der Waals surface area contributed by atoms with Crippen molar-refractivity contribution in [3.8, 4) is 0 Å². The molecule has 1 saturated heterocycles. The predicted octanol–water partition coefficient (Wildman–Crippen LogP) is 2.66. The Balaban J connectivity index is 1.99. The van der Waals surface area contributed by atoms with Crippen LogP contribution in [0.15, 0.2) is 28.7 Å². The number of non-ortho nitro benzene ring substituents is 1. The minimum Gasteiger partial charge on any atom is -0.354 e. The molecular weight excluding hydrogens is 336 g/mol. The van der Waals surface area contributed by atoms with Crippen LogP contribution < -0.4 is 4.90 Å². The highest BCUT2D eigenvalue weighted by atomic mass is 79.9. The van der Waals surface area contributed by atoms with Crippen LogP contribution in [0.4, 0.5) is 11.5 Å². The van der Waals surface area contributed by atoms with Gasteiger partial charge < -0.3 is 9.80 Å². The van der Waals surface area contributed by atoms with E-state index in [1.165, 1.54) is 6.07 Å². The van der Waals surface area contributed by atoms with Gasteiger partial charge in [-0.05, 0) is 35.1 Å². The Morgan fingerprint density at radius 3 is 2.62 bits per heavy atom. The summed E-state index contributed by atoms with van der Waals surface area (Å²) in [5.74, 6) is 0.913. The Morgan fingerprint density at radius 1 is 1.24 bits per heavy atom. The number of nitro groups is 1. The zero-order chi connectivity index (χ0) is 15.0. The molecule has 1 aliphatic rings. The van der Waals surface area contributed by atoms with Crippen molar-refractivity contribution in [3.63, 3.8) is 0 Å². The summed E-state index contributed by atoms with van der Waals surface area (Å²) in [7, 11) is 2.11. The van der Waals surface area contributed by atoms with Crippen molar-refractivity contribution in [1.29, 1.82) is 0 Å². The van der Waals surface area contributed by atoms with E-state index in [-0.39, 0.29) is 10.6 Å². The highest BCUT2D eigenvalue weighted by molar-refractivity contribution is 9.10. The number of nitro benzene ring substituents is 1. The number of benzene rings is 1. The third-order valence-electron chi connectivity index (χ3n) is 3.77. The van der Waals surface area contributed by atoms with E-state index in [1.807, 2.05) is 6.07 Å². The lowest BCUT2D eigenvalue weighted by molar-refractivity contribution is -0.384. The molecule has 3 rings (SSSR count). The van der Waals surface area contributed by atoms with Gasteiger partial charge in [0, 0.05) is 48.2 Å². The van der Waals surface area contributed by atoms with Gasteiger partial charge >= 0.3 is 0 Å². The van der Waals surface area contributed by atoms with Crippen molar-refractivity contribution in [1.82, 2.24) is 9.88 Å². The second kappa shape index (κ2) is 5.57. The van der Waals surface area contributed by atoms with Crippen molar-refractivity contribution in [3.05, 3.63) is 38.9 Å². The molecule has 110 valence electrons. The molecule has 0 unspecified atom stereocenters. The fourth-order valence-corrected chi connectivity index (χ4v) is 2.99. The van der Waals surface area contributed by atoms with Crippen LogP contribution in [0.2, 0.25) is 0 Å². The van der Waals surface area contributed by atoms with Crippen molar-refractivity contribution in [2.75, 3.05) is 38.1 Å². The first-order valence-electron chi connectivity index (χ1n) is 6.73. The second-order valence-electron chi connectivity index (χ2n) is 5.21.